The Kier molecular flexibility index (Phi) is 5.27. The SMILES string of the molecule is CCc1ccccc1NC(=O)c1sc2ccccc2c1Cc1ccc(C)cc1. The fourth-order valence-corrected chi connectivity index (χ4v) is 4.61. The van der Waals surface area contributed by atoms with Gasteiger partial charge >= 0.3 is 0 Å². The number of fused-ring (bicyclic) bond motifs is 1. The first-order chi connectivity index (χ1) is 13.7. The zero-order valence-corrected chi connectivity index (χ0v) is 17.0. The van der Waals surface area contributed by atoms with E-state index in [9.17, 15) is 4.79 Å². The molecule has 0 bridgehead atoms. The van der Waals surface area contributed by atoms with Gasteiger partial charge < -0.3 is 5.32 Å². The minimum absolute atomic E-state index is 0.0239. The molecule has 0 aliphatic carbocycles. The number of carbonyl (C=O) groups is 1. The molecule has 140 valence electrons. The van der Waals surface area contributed by atoms with Crippen LogP contribution in [-0.2, 0) is 12.8 Å². The molecule has 1 amide bonds. The minimum atomic E-state index is -0.0239. The summed E-state index contributed by atoms with van der Waals surface area (Å²) in [5.41, 5.74) is 5.62. The summed E-state index contributed by atoms with van der Waals surface area (Å²) in [5, 5.41) is 4.31. The highest BCUT2D eigenvalue weighted by Crippen LogP contribution is 2.34. The molecule has 0 unspecified atom stereocenters. The van der Waals surface area contributed by atoms with E-state index in [2.05, 4.69) is 61.6 Å². The third kappa shape index (κ3) is 3.71. The molecule has 4 aromatic rings. The van der Waals surface area contributed by atoms with Crippen molar-refractivity contribution in [2.45, 2.75) is 26.7 Å². The minimum Gasteiger partial charge on any atom is -0.321 e. The average molecular weight is 386 g/mol. The van der Waals surface area contributed by atoms with E-state index in [1.807, 2.05) is 30.3 Å². The Labute approximate surface area is 169 Å². The molecular weight excluding hydrogens is 362 g/mol. The van der Waals surface area contributed by atoms with Crippen LogP contribution in [0.25, 0.3) is 10.1 Å². The van der Waals surface area contributed by atoms with E-state index in [1.54, 1.807) is 11.3 Å². The molecule has 0 aliphatic heterocycles. The van der Waals surface area contributed by atoms with Crippen LogP contribution < -0.4 is 5.32 Å². The van der Waals surface area contributed by atoms with Gasteiger partial charge in [0.25, 0.3) is 5.91 Å². The normalized spacial score (nSPS) is 10.9. The van der Waals surface area contributed by atoms with Crippen LogP contribution in [0.4, 0.5) is 5.69 Å². The summed E-state index contributed by atoms with van der Waals surface area (Å²) in [6.45, 7) is 4.20. The molecule has 3 heteroatoms. The summed E-state index contributed by atoms with van der Waals surface area (Å²) in [6.07, 6.45) is 1.64. The maximum atomic E-state index is 13.2. The van der Waals surface area contributed by atoms with Gasteiger partial charge in [-0.1, -0.05) is 73.2 Å². The summed E-state index contributed by atoms with van der Waals surface area (Å²) in [5.74, 6) is -0.0239. The van der Waals surface area contributed by atoms with E-state index >= 15 is 0 Å². The lowest BCUT2D eigenvalue weighted by atomic mass is 10.0. The van der Waals surface area contributed by atoms with E-state index in [-0.39, 0.29) is 5.91 Å². The monoisotopic (exact) mass is 385 g/mol. The summed E-state index contributed by atoms with van der Waals surface area (Å²) < 4.78 is 1.15. The van der Waals surface area contributed by atoms with Crippen molar-refractivity contribution in [3.63, 3.8) is 0 Å². The molecule has 0 spiro atoms. The number of thiophene rings is 1. The number of hydrogen-bond donors (Lipinski definition) is 1. The third-order valence-electron chi connectivity index (χ3n) is 5.05. The molecule has 3 aromatic carbocycles. The number of anilines is 1. The Morgan fingerprint density at radius 2 is 1.64 bits per heavy atom. The zero-order valence-electron chi connectivity index (χ0n) is 16.2. The number of hydrogen-bond acceptors (Lipinski definition) is 2. The second-order valence-corrected chi connectivity index (χ2v) is 8.09. The predicted octanol–water partition coefficient (Wildman–Crippen LogP) is 6.62. The number of aryl methyl sites for hydroxylation is 2. The van der Waals surface area contributed by atoms with Crippen LogP contribution >= 0.6 is 11.3 Å². The van der Waals surface area contributed by atoms with Crippen molar-refractivity contribution < 1.29 is 4.79 Å². The zero-order chi connectivity index (χ0) is 19.5. The van der Waals surface area contributed by atoms with Gasteiger partial charge in [0.1, 0.15) is 0 Å². The van der Waals surface area contributed by atoms with E-state index in [0.717, 1.165) is 39.2 Å². The molecule has 0 aliphatic rings. The van der Waals surface area contributed by atoms with Gasteiger partial charge in [-0.3, -0.25) is 4.79 Å². The highest BCUT2D eigenvalue weighted by atomic mass is 32.1. The fourth-order valence-electron chi connectivity index (χ4n) is 3.50. The quantitative estimate of drug-likeness (QED) is 0.411. The van der Waals surface area contributed by atoms with Gasteiger partial charge in [-0.2, -0.15) is 0 Å². The van der Waals surface area contributed by atoms with Crippen LogP contribution in [0.15, 0.2) is 72.8 Å². The summed E-state index contributed by atoms with van der Waals surface area (Å²) >= 11 is 1.58. The smallest absolute Gasteiger partial charge is 0.266 e. The van der Waals surface area contributed by atoms with Crippen molar-refractivity contribution in [3.8, 4) is 0 Å². The molecule has 0 saturated carbocycles. The van der Waals surface area contributed by atoms with Gasteiger partial charge in [0.15, 0.2) is 0 Å². The number of para-hydroxylation sites is 1. The number of rotatable bonds is 5. The molecule has 1 aromatic heterocycles. The topological polar surface area (TPSA) is 29.1 Å². The number of carbonyl (C=O) groups excluding carboxylic acids is 1. The molecule has 28 heavy (non-hydrogen) atoms. The Bertz CT molecular complexity index is 1120. The molecule has 4 rings (SSSR count). The Hall–Kier alpha value is -2.91. The van der Waals surface area contributed by atoms with Crippen LogP contribution in [0.1, 0.15) is 38.8 Å². The van der Waals surface area contributed by atoms with Crippen LogP contribution in [-0.4, -0.2) is 5.91 Å². The molecule has 0 radical (unpaired) electrons. The van der Waals surface area contributed by atoms with Gasteiger partial charge in [0.05, 0.1) is 4.88 Å². The van der Waals surface area contributed by atoms with Crippen molar-refractivity contribution in [3.05, 3.63) is 99.9 Å². The second kappa shape index (κ2) is 7.99. The standard InChI is InChI=1S/C25H23NOS/c1-3-19-8-4-6-10-22(19)26-25(27)24-21(16-18-14-12-17(2)13-15-18)20-9-5-7-11-23(20)28-24/h4-15H,3,16H2,1-2H3,(H,26,27). The molecule has 1 N–H and O–H groups in total. The number of benzene rings is 3. The number of amides is 1. The van der Waals surface area contributed by atoms with Gasteiger partial charge in [0.2, 0.25) is 0 Å². The number of nitrogens with one attached hydrogen (secondary N) is 1. The van der Waals surface area contributed by atoms with Crippen molar-refractivity contribution in [1.29, 1.82) is 0 Å². The average Bonchev–Trinajstić information content (AvgIpc) is 3.09. The van der Waals surface area contributed by atoms with Gasteiger partial charge in [-0.05, 0) is 54.0 Å². The van der Waals surface area contributed by atoms with Gasteiger partial charge in [-0.15, -0.1) is 11.3 Å². The van der Waals surface area contributed by atoms with Crippen LogP contribution in [0, 0.1) is 6.92 Å². The molecule has 2 nitrogen and oxygen atoms in total. The second-order valence-electron chi connectivity index (χ2n) is 7.03. The van der Waals surface area contributed by atoms with E-state index in [4.69, 9.17) is 0 Å². The first kappa shape index (κ1) is 18.5. The third-order valence-corrected chi connectivity index (χ3v) is 6.26. The van der Waals surface area contributed by atoms with E-state index in [0.29, 0.717) is 0 Å². The summed E-state index contributed by atoms with van der Waals surface area (Å²) in [4.78, 5) is 14.0. The Morgan fingerprint density at radius 3 is 2.43 bits per heavy atom. The van der Waals surface area contributed by atoms with Crippen molar-refractivity contribution in [2.75, 3.05) is 5.32 Å². The van der Waals surface area contributed by atoms with E-state index < -0.39 is 0 Å². The van der Waals surface area contributed by atoms with Crippen LogP contribution in [0.2, 0.25) is 0 Å². The maximum absolute atomic E-state index is 13.2. The summed E-state index contributed by atoms with van der Waals surface area (Å²) in [7, 11) is 0. The first-order valence-electron chi connectivity index (χ1n) is 9.61. The summed E-state index contributed by atoms with van der Waals surface area (Å²) in [6, 6.07) is 24.8. The molecule has 0 saturated heterocycles. The van der Waals surface area contributed by atoms with Crippen LogP contribution in [0.5, 0.6) is 0 Å². The van der Waals surface area contributed by atoms with Crippen molar-refractivity contribution in [1.82, 2.24) is 0 Å². The fraction of sp³-hybridized carbons (Fsp3) is 0.160. The van der Waals surface area contributed by atoms with Gasteiger partial charge in [-0.25, -0.2) is 0 Å². The highest BCUT2D eigenvalue weighted by Gasteiger charge is 2.19. The molecular formula is C25H23NOS. The lowest BCUT2D eigenvalue weighted by Crippen LogP contribution is -2.13. The van der Waals surface area contributed by atoms with Crippen molar-refractivity contribution in [2.24, 2.45) is 0 Å². The molecule has 1 heterocycles. The largest absolute Gasteiger partial charge is 0.321 e. The lowest BCUT2D eigenvalue weighted by Gasteiger charge is -2.10. The molecule has 0 fully saturated rings. The maximum Gasteiger partial charge on any atom is 0.266 e. The van der Waals surface area contributed by atoms with Crippen LogP contribution in [0.3, 0.4) is 0 Å². The molecule has 0 atom stereocenters. The Morgan fingerprint density at radius 1 is 0.929 bits per heavy atom. The van der Waals surface area contributed by atoms with E-state index in [1.165, 1.54) is 16.5 Å². The lowest BCUT2D eigenvalue weighted by molar-refractivity contribution is 0.103. The highest BCUT2D eigenvalue weighted by molar-refractivity contribution is 7.21. The Balaban J connectivity index is 1.73. The predicted molar refractivity (Wildman–Crippen MR) is 120 cm³/mol. The van der Waals surface area contributed by atoms with Gasteiger partial charge in [0, 0.05) is 10.4 Å². The van der Waals surface area contributed by atoms with Crippen molar-refractivity contribution >= 4 is 33.0 Å². The first-order valence-corrected chi connectivity index (χ1v) is 10.4.